The fourth-order valence-electron chi connectivity index (χ4n) is 2.13. The van der Waals surface area contributed by atoms with Gasteiger partial charge in [-0.3, -0.25) is 0 Å². The molecule has 1 aromatic rings. The molecule has 4 nitrogen and oxygen atoms in total. The van der Waals surface area contributed by atoms with E-state index in [-0.39, 0.29) is 6.54 Å². The predicted molar refractivity (Wildman–Crippen MR) is 74.4 cm³/mol. The van der Waals surface area contributed by atoms with Crippen LogP contribution in [0.4, 0.5) is 0 Å². The Morgan fingerprint density at radius 1 is 0.889 bits per heavy atom. The van der Waals surface area contributed by atoms with E-state index in [0.29, 0.717) is 11.4 Å². The third kappa shape index (κ3) is 2.58. The molecule has 0 heterocycles. The van der Waals surface area contributed by atoms with Crippen molar-refractivity contribution in [3.05, 3.63) is 27.8 Å². The Morgan fingerprint density at radius 2 is 1.28 bits per heavy atom. The average molecular weight is 270 g/mol. The first-order valence-electron chi connectivity index (χ1n) is 6.00. The lowest BCUT2D eigenvalue weighted by Gasteiger charge is -2.18. The molecular weight excluding hydrogens is 248 g/mol. The molecule has 102 valence electrons. The largest absolute Gasteiger partial charge is 0.329 e. The van der Waals surface area contributed by atoms with Crippen molar-refractivity contribution in [1.82, 2.24) is 4.72 Å². The van der Waals surface area contributed by atoms with E-state index in [0.717, 1.165) is 27.8 Å². The zero-order chi connectivity index (χ0) is 14.1. The minimum Gasteiger partial charge on any atom is -0.329 e. The van der Waals surface area contributed by atoms with Crippen molar-refractivity contribution >= 4 is 10.0 Å². The fourth-order valence-corrected chi connectivity index (χ4v) is 3.78. The fraction of sp³-hybridized carbons (Fsp3) is 0.538. The molecule has 0 fully saturated rings. The van der Waals surface area contributed by atoms with E-state index in [1.165, 1.54) is 0 Å². The first-order valence-corrected chi connectivity index (χ1v) is 7.49. The molecule has 0 unspecified atom stereocenters. The molecule has 0 aliphatic carbocycles. The van der Waals surface area contributed by atoms with Crippen LogP contribution in [0, 0.1) is 34.6 Å². The topological polar surface area (TPSA) is 72.2 Å². The van der Waals surface area contributed by atoms with Crippen LogP contribution in [0.25, 0.3) is 0 Å². The highest BCUT2D eigenvalue weighted by atomic mass is 32.2. The van der Waals surface area contributed by atoms with Crippen LogP contribution in [-0.2, 0) is 10.0 Å². The van der Waals surface area contributed by atoms with Gasteiger partial charge in [-0.15, -0.1) is 0 Å². The molecule has 0 aromatic heterocycles. The van der Waals surface area contributed by atoms with Crippen LogP contribution in [0.5, 0.6) is 0 Å². The van der Waals surface area contributed by atoms with Gasteiger partial charge in [0.1, 0.15) is 0 Å². The Bertz CT molecular complexity index is 534. The van der Waals surface area contributed by atoms with Crippen molar-refractivity contribution in [2.45, 2.75) is 39.5 Å². The maximum absolute atomic E-state index is 12.3. The lowest BCUT2D eigenvalue weighted by atomic mass is 9.95. The molecule has 5 heteroatoms. The first-order chi connectivity index (χ1) is 8.24. The number of nitrogens with one attached hydrogen (secondary N) is 1. The van der Waals surface area contributed by atoms with Crippen molar-refractivity contribution in [1.29, 1.82) is 0 Å². The molecule has 0 spiro atoms. The second kappa shape index (κ2) is 5.38. The zero-order valence-electron chi connectivity index (χ0n) is 11.7. The SMILES string of the molecule is Cc1c(C)c(C)c(S(=O)(=O)NCCN)c(C)c1C. The van der Waals surface area contributed by atoms with Crippen LogP contribution in [0.2, 0.25) is 0 Å². The van der Waals surface area contributed by atoms with Crippen molar-refractivity contribution in [2.24, 2.45) is 5.73 Å². The smallest absolute Gasteiger partial charge is 0.241 e. The summed E-state index contributed by atoms with van der Waals surface area (Å²) in [6.07, 6.45) is 0. The molecule has 0 radical (unpaired) electrons. The standard InChI is InChI=1S/C13H22N2O2S/c1-8-9(2)11(4)13(12(5)10(8)3)18(16,17)15-7-6-14/h15H,6-7,14H2,1-5H3. The van der Waals surface area contributed by atoms with Crippen LogP contribution in [-0.4, -0.2) is 21.5 Å². The maximum atomic E-state index is 12.3. The highest BCUT2D eigenvalue weighted by Gasteiger charge is 2.22. The van der Waals surface area contributed by atoms with E-state index in [9.17, 15) is 8.42 Å². The number of nitrogens with two attached hydrogens (primary N) is 1. The Balaban J connectivity index is 3.52. The van der Waals surface area contributed by atoms with E-state index in [4.69, 9.17) is 5.73 Å². The van der Waals surface area contributed by atoms with Gasteiger partial charge in [-0.05, 0) is 62.4 Å². The molecule has 0 saturated carbocycles. The summed E-state index contributed by atoms with van der Waals surface area (Å²) in [5.41, 5.74) is 10.2. The van der Waals surface area contributed by atoms with E-state index >= 15 is 0 Å². The van der Waals surface area contributed by atoms with Gasteiger partial charge in [0.15, 0.2) is 0 Å². The number of hydrogen-bond donors (Lipinski definition) is 2. The number of rotatable bonds is 4. The number of hydrogen-bond acceptors (Lipinski definition) is 3. The maximum Gasteiger partial charge on any atom is 0.241 e. The van der Waals surface area contributed by atoms with Crippen molar-refractivity contribution < 1.29 is 8.42 Å². The van der Waals surface area contributed by atoms with Crippen LogP contribution in [0.1, 0.15) is 27.8 Å². The minimum atomic E-state index is -3.48. The third-order valence-electron chi connectivity index (χ3n) is 3.64. The highest BCUT2D eigenvalue weighted by Crippen LogP contribution is 2.29. The van der Waals surface area contributed by atoms with Gasteiger partial charge in [0.05, 0.1) is 4.90 Å². The Hall–Kier alpha value is -0.910. The molecular formula is C13H22N2O2S. The highest BCUT2D eigenvalue weighted by molar-refractivity contribution is 7.89. The summed E-state index contributed by atoms with van der Waals surface area (Å²) in [5.74, 6) is 0. The summed E-state index contributed by atoms with van der Waals surface area (Å²) < 4.78 is 27.1. The van der Waals surface area contributed by atoms with Crippen molar-refractivity contribution in [3.63, 3.8) is 0 Å². The van der Waals surface area contributed by atoms with Crippen LogP contribution < -0.4 is 10.5 Å². The van der Waals surface area contributed by atoms with Gasteiger partial charge in [-0.25, -0.2) is 13.1 Å². The third-order valence-corrected chi connectivity index (χ3v) is 5.37. The molecule has 3 N–H and O–H groups in total. The second-order valence-electron chi connectivity index (χ2n) is 4.64. The quantitative estimate of drug-likeness (QED) is 0.870. The summed E-state index contributed by atoms with van der Waals surface area (Å²) in [6, 6.07) is 0. The summed E-state index contributed by atoms with van der Waals surface area (Å²) in [4.78, 5) is 0.400. The summed E-state index contributed by atoms with van der Waals surface area (Å²) >= 11 is 0. The average Bonchev–Trinajstić information content (AvgIpc) is 2.31. The van der Waals surface area contributed by atoms with Gasteiger partial charge in [-0.2, -0.15) is 0 Å². The van der Waals surface area contributed by atoms with Crippen molar-refractivity contribution in [3.8, 4) is 0 Å². The molecule has 1 aromatic carbocycles. The number of benzene rings is 1. The molecule has 0 amide bonds. The molecule has 18 heavy (non-hydrogen) atoms. The lowest BCUT2D eigenvalue weighted by Crippen LogP contribution is -2.30. The molecule has 0 bridgehead atoms. The Kier molecular flexibility index (Phi) is 4.53. The van der Waals surface area contributed by atoms with E-state index < -0.39 is 10.0 Å². The van der Waals surface area contributed by atoms with Gasteiger partial charge >= 0.3 is 0 Å². The van der Waals surface area contributed by atoms with Crippen LogP contribution in [0.3, 0.4) is 0 Å². The van der Waals surface area contributed by atoms with E-state index in [1.807, 2.05) is 34.6 Å². The lowest BCUT2D eigenvalue weighted by molar-refractivity contribution is 0.580. The van der Waals surface area contributed by atoms with E-state index in [1.54, 1.807) is 0 Å². The second-order valence-corrected chi connectivity index (χ2v) is 6.34. The predicted octanol–water partition coefficient (Wildman–Crippen LogP) is 1.47. The minimum absolute atomic E-state index is 0.257. The van der Waals surface area contributed by atoms with Crippen LogP contribution in [0.15, 0.2) is 4.90 Å². The molecule has 0 aliphatic heterocycles. The zero-order valence-corrected chi connectivity index (χ0v) is 12.5. The Labute approximate surface area is 110 Å². The van der Waals surface area contributed by atoms with Gasteiger partial charge < -0.3 is 5.73 Å². The summed E-state index contributed by atoms with van der Waals surface area (Å²) in [5, 5.41) is 0. The molecule has 0 atom stereocenters. The monoisotopic (exact) mass is 270 g/mol. The van der Waals surface area contributed by atoms with E-state index in [2.05, 4.69) is 4.72 Å². The van der Waals surface area contributed by atoms with Gasteiger partial charge in [0.2, 0.25) is 10.0 Å². The first kappa shape index (κ1) is 15.1. The normalized spacial score (nSPS) is 11.9. The van der Waals surface area contributed by atoms with Gasteiger partial charge in [0.25, 0.3) is 0 Å². The molecule has 1 rings (SSSR count). The van der Waals surface area contributed by atoms with Gasteiger partial charge in [-0.1, -0.05) is 0 Å². The molecule has 0 saturated heterocycles. The summed E-state index contributed by atoms with van der Waals surface area (Å²) in [6.45, 7) is 10.2. The summed E-state index contributed by atoms with van der Waals surface area (Å²) in [7, 11) is -3.48. The van der Waals surface area contributed by atoms with Crippen LogP contribution >= 0.6 is 0 Å². The van der Waals surface area contributed by atoms with Crippen molar-refractivity contribution in [2.75, 3.05) is 13.1 Å². The Morgan fingerprint density at radius 3 is 1.67 bits per heavy atom. The van der Waals surface area contributed by atoms with Gasteiger partial charge in [0, 0.05) is 13.1 Å². The molecule has 0 aliphatic rings. The number of sulfonamides is 1.